The number of benzene rings is 1. The van der Waals surface area contributed by atoms with E-state index in [1.807, 2.05) is 0 Å². The van der Waals surface area contributed by atoms with Gasteiger partial charge in [0.15, 0.2) is 17.5 Å². The molecule has 0 aromatic heterocycles. The van der Waals surface area contributed by atoms with Crippen molar-refractivity contribution in [3.8, 4) is 6.07 Å². The van der Waals surface area contributed by atoms with Crippen molar-refractivity contribution < 1.29 is 17.9 Å². The largest absolute Gasteiger partial charge is 0.378 e. The summed E-state index contributed by atoms with van der Waals surface area (Å²) in [6.07, 6.45) is 9.23. The van der Waals surface area contributed by atoms with Crippen molar-refractivity contribution in [3.63, 3.8) is 0 Å². The smallest absolute Gasteiger partial charge is 0.196 e. The third-order valence-corrected chi connectivity index (χ3v) is 6.04. The lowest BCUT2D eigenvalue weighted by atomic mass is 9.79. The summed E-state index contributed by atoms with van der Waals surface area (Å²) < 4.78 is 45.6. The molecule has 2 aliphatic carbocycles. The van der Waals surface area contributed by atoms with Crippen LogP contribution >= 0.6 is 0 Å². The second-order valence-corrected chi connectivity index (χ2v) is 7.89. The minimum absolute atomic E-state index is 0.149. The average molecular weight is 377 g/mol. The molecular formula is C22H26F3NO. The molecule has 5 heteroatoms. The molecule has 0 saturated heterocycles. The number of allylic oxidation sites excluding steroid dienone is 2. The van der Waals surface area contributed by atoms with Gasteiger partial charge in [-0.1, -0.05) is 6.07 Å². The van der Waals surface area contributed by atoms with Crippen LogP contribution in [0.5, 0.6) is 0 Å². The Morgan fingerprint density at radius 3 is 2.37 bits per heavy atom. The first-order valence-corrected chi connectivity index (χ1v) is 9.89. The Balaban J connectivity index is 1.38. The van der Waals surface area contributed by atoms with E-state index in [0.29, 0.717) is 11.8 Å². The minimum atomic E-state index is -0.790. The molecule has 0 amide bonds. The minimum Gasteiger partial charge on any atom is -0.378 e. The second-order valence-electron chi connectivity index (χ2n) is 7.89. The molecule has 3 rings (SSSR count). The van der Waals surface area contributed by atoms with E-state index >= 15 is 0 Å². The van der Waals surface area contributed by atoms with E-state index in [1.165, 1.54) is 24.3 Å². The summed E-state index contributed by atoms with van der Waals surface area (Å²) in [5.74, 6) is -1.28. The Morgan fingerprint density at radius 1 is 1.04 bits per heavy atom. The van der Waals surface area contributed by atoms with E-state index in [1.54, 1.807) is 6.07 Å². The number of hydrogen-bond acceptors (Lipinski definition) is 2. The zero-order chi connectivity index (χ0) is 19.2. The molecule has 0 radical (unpaired) electrons. The number of halogens is 3. The maximum absolute atomic E-state index is 13.4. The molecule has 0 unspecified atom stereocenters. The summed E-state index contributed by atoms with van der Waals surface area (Å²) in [4.78, 5) is 0. The van der Waals surface area contributed by atoms with Gasteiger partial charge in [-0.25, -0.2) is 8.78 Å². The molecule has 2 saturated carbocycles. The van der Waals surface area contributed by atoms with Crippen molar-refractivity contribution >= 4 is 0 Å². The molecule has 0 spiro atoms. The number of hydrogen-bond donors (Lipinski definition) is 0. The van der Waals surface area contributed by atoms with Crippen LogP contribution in [0.15, 0.2) is 30.1 Å². The lowest BCUT2D eigenvalue weighted by Crippen LogP contribution is -2.25. The SMILES string of the molecule is N#C/C(F)=C/[C@H]1CC[C@H](OC[C@H]2CC[C@H](c3ccc(F)c(F)c3)CC2)CC1. The van der Waals surface area contributed by atoms with Gasteiger partial charge in [-0.3, -0.25) is 0 Å². The summed E-state index contributed by atoms with van der Waals surface area (Å²) in [6, 6.07) is 5.78. The van der Waals surface area contributed by atoms with E-state index in [2.05, 4.69) is 0 Å². The van der Waals surface area contributed by atoms with Gasteiger partial charge in [0.05, 0.1) is 6.10 Å². The highest BCUT2D eigenvalue weighted by Gasteiger charge is 2.26. The molecular weight excluding hydrogens is 351 g/mol. The molecule has 2 aliphatic rings. The van der Waals surface area contributed by atoms with Gasteiger partial charge in [-0.15, -0.1) is 0 Å². The Morgan fingerprint density at radius 2 is 1.74 bits per heavy atom. The lowest BCUT2D eigenvalue weighted by Gasteiger charge is -2.32. The van der Waals surface area contributed by atoms with Gasteiger partial charge in [0.25, 0.3) is 0 Å². The van der Waals surface area contributed by atoms with Crippen LogP contribution in [0, 0.1) is 34.8 Å². The fourth-order valence-electron chi connectivity index (χ4n) is 4.37. The van der Waals surface area contributed by atoms with E-state index < -0.39 is 17.5 Å². The number of rotatable bonds is 5. The summed E-state index contributed by atoms with van der Waals surface area (Å²) >= 11 is 0. The standard InChI is InChI=1S/C22H26F3NO/c23-19(13-26)11-15-3-8-20(9-4-15)27-14-16-1-5-17(6-2-16)18-7-10-21(24)22(25)12-18/h7,10-12,15-17,20H,1-6,8-9,14H2/b19-11-/t15-,16-,17-,20-. The predicted molar refractivity (Wildman–Crippen MR) is 97.6 cm³/mol. The van der Waals surface area contributed by atoms with Crippen LogP contribution in [-0.4, -0.2) is 12.7 Å². The first-order chi connectivity index (χ1) is 13.0. The maximum atomic E-state index is 13.4. The van der Waals surface area contributed by atoms with Gasteiger partial charge in [0.2, 0.25) is 0 Å². The highest BCUT2D eigenvalue weighted by molar-refractivity contribution is 5.22. The Labute approximate surface area is 159 Å². The Bertz CT molecular complexity index is 696. The molecule has 146 valence electrons. The monoisotopic (exact) mass is 377 g/mol. The van der Waals surface area contributed by atoms with E-state index in [0.717, 1.165) is 63.5 Å². The van der Waals surface area contributed by atoms with E-state index in [9.17, 15) is 13.2 Å². The second kappa shape index (κ2) is 9.41. The molecule has 0 N–H and O–H groups in total. The third-order valence-electron chi connectivity index (χ3n) is 6.04. The fraction of sp³-hybridized carbons (Fsp3) is 0.591. The quantitative estimate of drug-likeness (QED) is 0.573. The van der Waals surface area contributed by atoms with Gasteiger partial charge < -0.3 is 4.74 Å². The first kappa shape index (κ1) is 19.9. The van der Waals surface area contributed by atoms with Gasteiger partial charge in [-0.2, -0.15) is 9.65 Å². The van der Waals surface area contributed by atoms with Gasteiger partial charge >= 0.3 is 0 Å². The van der Waals surface area contributed by atoms with Crippen molar-refractivity contribution in [2.75, 3.05) is 6.61 Å². The number of nitrogens with zero attached hydrogens (tertiary/aromatic N) is 1. The van der Waals surface area contributed by atoms with Crippen molar-refractivity contribution in [1.82, 2.24) is 0 Å². The summed E-state index contributed by atoms with van der Waals surface area (Å²) in [5.41, 5.74) is 0.893. The fourth-order valence-corrected chi connectivity index (χ4v) is 4.37. The maximum Gasteiger partial charge on any atom is 0.196 e. The molecule has 27 heavy (non-hydrogen) atoms. The summed E-state index contributed by atoms with van der Waals surface area (Å²) in [5, 5.41) is 8.51. The zero-order valence-corrected chi connectivity index (χ0v) is 15.5. The van der Waals surface area contributed by atoms with Gasteiger partial charge in [0.1, 0.15) is 6.07 Å². The van der Waals surface area contributed by atoms with Crippen LogP contribution in [0.3, 0.4) is 0 Å². The van der Waals surface area contributed by atoms with Crippen LogP contribution in [0.4, 0.5) is 13.2 Å². The third kappa shape index (κ3) is 5.59. The molecule has 0 atom stereocenters. The van der Waals surface area contributed by atoms with Crippen LogP contribution in [0.1, 0.15) is 62.8 Å². The van der Waals surface area contributed by atoms with Crippen molar-refractivity contribution in [3.05, 3.63) is 47.3 Å². The van der Waals surface area contributed by atoms with Crippen molar-refractivity contribution in [2.45, 2.75) is 63.4 Å². The van der Waals surface area contributed by atoms with Gasteiger partial charge in [0, 0.05) is 6.61 Å². The van der Waals surface area contributed by atoms with Crippen LogP contribution < -0.4 is 0 Å². The van der Waals surface area contributed by atoms with Crippen LogP contribution in [0.2, 0.25) is 0 Å². The average Bonchev–Trinajstić information content (AvgIpc) is 2.70. The molecule has 0 aliphatic heterocycles. The number of nitriles is 1. The van der Waals surface area contributed by atoms with Crippen molar-refractivity contribution in [2.24, 2.45) is 11.8 Å². The molecule has 0 bridgehead atoms. The Kier molecular flexibility index (Phi) is 6.95. The van der Waals surface area contributed by atoms with Gasteiger partial charge in [-0.05, 0) is 92.9 Å². The van der Waals surface area contributed by atoms with E-state index in [-0.39, 0.29) is 12.0 Å². The number of ether oxygens (including phenoxy) is 1. The van der Waals surface area contributed by atoms with Crippen LogP contribution in [-0.2, 0) is 4.74 Å². The molecule has 2 nitrogen and oxygen atoms in total. The normalized spacial score (nSPS) is 29.3. The molecule has 2 fully saturated rings. The highest BCUT2D eigenvalue weighted by atomic mass is 19.2. The molecule has 1 aromatic carbocycles. The van der Waals surface area contributed by atoms with Crippen molar-refractivity contribution in [1.29, 1.82) is 5.26 Å². The topological polar surface area (TPSA) is 33.0 Å². The lowest BCUT2D eigenvalue weighted by molar-refractivity contribution is -0.00466. The first-order valence-electron chi connectivity index (χ1n) is 9.89. The summed E-state index contributed by atoms with van der Waals surface area (Å²) in [6.45, 7) is 0.738. The Hall–Kier alpha value is -1.80. The highest BCUT2D eigenvalue weighted by Crippen LogP contribution is 2.37. The van der Waals surface area contributed by atoms with Crippen LogP contribution in [0.25, 0.3) is 0 Å². The molecule has 0 heterocycles. The zero-order valence-electron chi connectivity index (χ0n) is 15.5. The van der Waals surface area contributed by atoms with E-state index in [4.69, 9.17) is 10.00 Å². The predicted octanol–water partition coefficient (Wildman–Crippen LogP) is 6.19. The molecule has 1 aromatic rings. The summed E-state index contributed by atoms with van der Waals surface area (Å²) in [7, 11) is 0.